The summed E-state index contributed by atoms with van der Waals surface area (Å²) in [4.78, 5) is 14.9. The highest BCUT2D eigenvalue weighted by Crippen LogP contribution is 2.19. The highest BCUT2D eigenvalue weighted by atomic mass is 32.2. The Kier molecular flexibility index (Phi) is 3.74. The van der Waals surface area contributed by atoms with Crippen LogP contribution in [0.2, 0.25) is 0 Å². The zero-order chi connectivity index (χ0) is 11.4. The summed E-state index contributed by atoms with van der Waals surface area (Å²) < 4.78 is 1.20. The van der Waals surface area contributed by atoms with Gasteiger partial charge in [-0.1, -0.05) is 30.0 Å². The van der Waals surface area contributed by atoms with Crippen LogP contribution in [0, 0.1) is 0 Å². The van der Waals surface area contributed by atoms with Crippen molar-refractivity contribution in [1.29, 1.82) is 0 Å². The minimum absolute atomic E-state index is 0.155. The van der Waals surface area contributed by atoms with Crippen LogP contribution in [-0.4, -0.2) is 15.9 Å². The zero-order valence-electron chi connectivity index (χ0n) is 8.84. The quantitative estimate of drug-likeness (QED) is 0.832. The van der Waals surface area contributed by atoms with Crippen LogP contribution < -0.4 is 0 Å². The number of rotatable bonds is 3. The maximum Gasteiger partial charge on any atom is 0.186 e. The number of hydrogen-bond donors (Lipinski definition) is 0. The Morgan fingerprint density at radius 3 is 3.25 bits per heavy atom. The molecule has 1 heterocycles. The lowest BCUT2D eigenvalue weighted by molar-refractivity contribution is -0.109. The van der Waals surface area contributed by atoms with E-state index in [9.17, 15) is 4.79 Å². The third-order valence-corrected chi connectivity index (χ3v) is 3.61. The zero-order valence-corrected chi connectivity index (χ0v) is 10.5. The minimum Gasteiger partial charge on any atom is -0.288 e. The molecule has 0 bridgehead atoms. The first-order valence-electron chi connectivity index (χ1n) is 4.89. The summed E-state index contributed by atoms with van der Waals surface area (Å²) in [7, 11) is 0. The van der Waals surface area contributed by atoms with E-state index in [2.05, 4.69) is 11.1 Å². The number of benzene rings is 1. The molecule has 0 N–H and O–H groups in total. The van der Waals surface area contributed by atoms with Crippen LogP contribution in [0.25, 0.3) is 16.3 Å². The summed E-state index contributed by atoms with van der Waals surface area (Å²) >= 11 is 2.96. The van der Waals surface area contributed by atoms with Crippen molar-refractivity contribution >= 4 is 44.5 Å². The maximum atomic E-state index is 10.7. The number of thiazole rings is 1. The van der Waals surface area contributed by atoms with Gasteiger partial charge in [0.15, 0.2) is 5.12 Å². The third-order valence-electron chi connectivity index (χ3n) is 2.05. The number of thioether (sulfide) groups is 1. The monoisotopic (exact) mass is 249 g/mol. The van der Waals surface area contributed by atoms with Gasteiger partial charge in [-0.25, -0.2) is 4.98 Å². The Bertz CT molecular complexity index is 531. The normalized spacial score (nSPS) is 11.3. The van der Waals surface area contributed by atoms with Crippen LogP contribution >= 0.6 is 23.1 Å². The molecule has 2 rings (SSSR count). The van der Waals surface area contributed by atoms with Gasteiger partial charge in [-0.3, -0.25) is 4.79 Å². The predicted octanol–water partition coefficient (Wildman–Crippen LogP) is 3.59. The number of hydrogen-bond acceptors (Lipinski definition) is 4. The van der Waals surface area contributed by atoms with Crippen LogP contribution in [0.15, 0.2) is 29.8 Å². The highest BCUT2D eigenvalue weighted by Gasteiger charge is 1.96. The first-order chi connectivity index (χ1) is 7.75. The molecule has 0 spiro atoms. The lowest BCUT2D eigenvalue weighted by Crippen LogP contribution is -1.81. The number of nitrogens with zero attached hydrogens (tertiary/aromatic N) is 1. The standard InChI is InChI=1S/C12H11NOS2/c1-9(14)15-6-2-3-10-4-5-11-12(7-10)16-8-13-11/h2-5,7-8H,6H2,1H3. The smallest absolute Gasteiger partial charge is 0.186 e. The van der Waals surface area contributed by atoms with Gasteiger partial charge in [-0.15, -0.1) is 11.3 Å². The Balaban J connectivity index is 2.06. The molecule has 0 unspecified atom stereocenters. The molecule has 0 saturated carbocycles. The minimum atomic E-state index is 0.155. The van der Waals surface area contributed by atoms with E-state index in [0.29, 0.717) is 0 Å². The fourth-order valence-corrected chi connectivity index (χ4v) is 2.48. The van der Waals surface area contributed by atoms with E-state index in [4.69, 9.17) is 0 Å². The van der Waals surface area contributed by atoms with Crippen molar-refractivity contribution in [3.63, 3.8) is 0 Å². The average molecular weight is 249 g/mol. The molecule has 2 aromatic rings. The van der Waals surface area contributed by atoms with Gasteiger partial charge in [0.05, 0.1) is 15.7 Å². The molecule has 0 aliphatic heterocycles. The molecule has 0 aliphatic rings. The predicted molar refractivity (Wildman–Crippen MR) is 71.8 cm³/mol. The van der Waals surface area contributed by atoms with E-state index in [-0.39, 0.29) is 5.12 Å². The van der Waals surface area contributed by atoms with E-state index in [1.807, 2.05) is 29.8 Å². The van der Waals surface area contributed by atoms with Crippen molar-refractivity contribution in [2.24, 2.45) is 0 Å². The number of aromatic nitrogens is 1. The molecule has 16 heavy (non-hydrogen) atoms. The van der Waals surface area contributed by atoms with Crippen LogP contribution in [0.5, 0.6) is 0 Å². The van der Waals surface area contributed by atoms with Gasteiger partial charge < -0.3 is 0 Å². The first-order valence-corrected chi connectivity index (χ1v) is 6.75. The van der Waals surface area contributed by atoms with E-state index < -0.39 is 0 Å². The molecule has 82 valence electrons. The maximum absolute atomic E-state index is 10.7. The molecule has 1 aromatic heterocycles. The summed E-state index contributed by atoms with van der Waals surface area (Å²) in [5, 5.41) is 0.155. The number of fused-ring (bicyclic) bond motifs is 1. The lowest BCUT2D eigenvalue weighted by Gasteiger charge is -1.93. The molecule has 0 atom stereocenters. The summed E-state index contributed by atoms with van der Waals surface area (Å²) in [5.41, 5.74) is 4.05. The second-order valence-electron chi connectivity index (χ2n) is 3.28. The number of carbonyl (C=O) groups excluding carboxylic acids is 1. The SMILES string of the molecule is CC(=O)SCC=Cc1ccc2ncsc2c1. The van der Waals surface area contributed by atoms with Crippen LogP contribution in [0.4, 0.5) is 0 Å². The molecule has 0 aliphatic carbocycles. The van der Waals surface area contributed by atoms with Crippen molar-refractivity contribution in [3.05, 3.63) is 35.3 Å². The molecule has 0 saturated heterocycles. The molecule has 1 aromatic carbocycles. The Hall–Kier alpha value is -1.13. The van der Waals surface area contributed by atoms with Crippen molar-refractivity contribution in [3.8, 4) is 0 Å². The molecule has 4 heteroatoms. The van der Waals surface area contributed by atoms with Crippen molar-refractivity contribution < 1.29 is 4.79 Å². The second kappa shape index (κ2) is 5.27. The van der Waals surface area contributed by atoms with Crippen LogP contribution in [-0.2, 0) is 4.79 Å². The van der Waals surface area contributed by atoms with Crippen molar-refractivity contribution in [2.75, 3.05) is 5.75 Å². The van der Waals surface area contributed by atoms with Crippen LogP contribution in [0.3, 0.4) is 0 Å². The fraction of sp³-hybridized carbons (Fsp3) is 0.167. The molecule has 0 radical (unpaired) electrons. The largest absolute Gasteiger partial charge is 0.288 e. The third kappa shape index (κ3) is 2.93. The first kappa shape index (κ1) is 11.4. The van der Waals surface area contributed by atoms with Crippen molar-refractivity contribution in [1.82, 2.24) is 4.98 Å². The Labute approximate surface area is 102 Å². The summed E-state index contributed by atoms with van der Waals surface area (Å²) in [6.45, 7) is 1.59. The molecule has 0 fully saturated rings. The average Bonchev–Trinajstić information content (AvgIpc) is 2.71. The summed E-state index contributed by atoms with van der Waals surface area (Å²) in [6, 6.07) is 6.17. The summed E-state index contributed by atoms with van der Waals surface area (Å²) in [6.07, 6.45) is 4.05. The van der Waals surface area contributed by atoms with Gasteiger partial charge in [-0.05, 0) is 17.7 Å². The Morgan fingerprint density at radius 2 is 2.44 bits per heavy atom. The van der Waals surface area contributed by atoms with E-state index in [1.165, 1.54) is 16.5 Å². The molecular formula is C12H11NOS2. The Morgan fingerprint density at radius 1 is 1.56 bits per heavy atom. The lowest BCUT2D eigenvalue weighted by atomic mass is 10.2. The summed E-state index contributed by atoms with van der Waals surface area (Å²) in [5.74, 6) is 0.732. The van der Waals surface area contributed by atoms with Gasteiger partial charge in [-0.2, -0.15) is 0 Å². The van der Waals surface area contributed by atoms with Crippen molar-refractivity contribution in [2.45, 2.75) is 6.92 Å². The highest BCUT2D eigenvalue weighted by molar-refractivity contribution is 8.13. The van der Waals surface area contributed by atoms with E-state index >= 15 is 0 Å². The van der Waals surface area contributed by atoms with Gasteiger partial charge >= 0.3 is 0 Å². The van der Waals surface area contributed by atoms with E-state index in [0.717, 1.165) is 16.8 Å². The van der Waals surface area contributed by atoms with E-state index in [1.54, 1.807) is 18.3 Å². The molecular weight excluding hydrogens is 238 g/mol. The van der Waals surface area contributed by atoms with Gasteiger partial charge in [0, 0.05) is 12.7 Å². The molecule has 0 amide bonds. The van der Waals surface area contributed by atoms with Crippen LogP contribution in [0.1, 0.15) is 12.5 Å². The van der Waals surface area contributed by atoms with Gasteiger partial charge in [0.25, 0.3) is 0 Å². The molecule has 2 nitrogen and oxygen atoms in total. The number of carbonyl (C=O) groups is 1. The second-order valence-corrected chi connectivity index (χ2v) is 5.37. The van der Waals surface area contributed by atoms with Gasteiger partial charge in [0.1, 0.15) is 0 Å². The van der Waals surface area contributed by atoms with Gasteiger partial charge in [0.2, 0.25) is 0 Å². The topological polar surface area (TPSA) is 30.0 Å². The fourth-order valence-electron chi connectivity index (χ4n) is 1.33.